The highest BCUT2D eigenvalue weighted by molar-refractivity contribution is 6.06. The number of hydrogen-bond acceptors (Lipinski definition) is 1. The number of carbonyl (C=O) groups excluding carboxylic acids is 1. The molecule has 2 N–H and O–H groups in total. The molecule has 0 saturated heterocycles. The highest BCUT2D eigenvalue weighted by atomic mass is 16.1. The lowest BCUT2D eigenvalue weighted by molar-refractivity contribution is 0.102. The second-order valence-corrected chi connectivity index (χ2v) is 4.96. The molecule has 100 valence electrons. The molecule has 1 aromatic heterocycles. The number of aryl methyl sites for hydroxylation is 2. The molecule has 1 heterocycles. The highest BCUT2D eigenvalue weighted by Gasteiger charge is 2.10. The van der Waals surface area contributed by atoms with E-state index >= 15 is 0 Å². The molecule has 3 rings (SSSR count). The van der Waals surface area contributed by atoms with Crippen molar-refractivity contribution in [1.29, 1.82) is 0 Å². The highest BCUT2D eigenvalue weighted by Crippen LogP contribution is 2.22. The summed E-state index contributed by atoms with van der Waals surface area (Å²) >= 11 is 0. The maximum Gasteiger partial charge on any atom is 0.255 e. The number of rotatable bonds is 2. The Bertz CT molecular complexity index is 772. The Morgan fingerprint density at radius 1 is 1.05 bits per heavy atom. The number of anilines is 1. The summed E-state index contributed by atoms with van der Waals surface area (Å²) < 4.78 is 0. The molecule has 0 spiro atoms. The van der Waals surface area contributed by atoms with E-state index in [1.807, 2.05) is 55.5 Å². The number of fused-ring (bicyclic) bond motifs is 1. The average Bonchev–Trinajstić information content (AvgIpc) is 2.75. The van der Waals surface area contributed by atoms with Crippen molar-refractivity contribution < 1.29 is 4.79 Å². The number of H-pyrrole nitrogens is 1. The van der Waals surface area contributed by atoms with E-state index in [1.54, 1.807) is 0 Å². The Morgan fingerprint density at radius 3 is 2.55 bits per heavy atom. The van der Waals surface area contributed by atoms with Crippen LogP contribution in [0.15, 0.2) is 48.5 Å². The molecule has 3 aromatic rings. The van der Waals surface area contributed by atoms with E-state index in [2.05, 4.69) is 17.2 Å². The SMILES string of the molecule is Cc1[nH]c2ccc(C(=O)Nc3ccccc3)cc2c1C. The van der Waals surface area contributed by atoms with E-state index in [4.69, 9.17) is 0 Å². The number of carbonyl (C=O) groups is 1. The van der Waals surface area contributed by atoms with E-state index in [-0.39, 0.29) is 5.91 Å². The van der Waals surface area contributed by atoms with Crippen molar-refractivity contribution in [3.05, 3.63) is 65.4 Å². The van der Waals surface area contributed by atoms with Crippen LogP contribution in [0.2, 0.25) is 0 Å². The smallest absolute Gasteiger partial charge is 0.255 e. The monoisotopic (exact) mass is 264 g/mol. The van der Waals surface area contributed by atoms with Crippen molar-refractivity contribution in [2.45, 2.75) is 13.8 Å². The van der Waals surface area contributed by atoms with Crippen LogP contribution >= 0.6 is 0 Å². The number of benzene rings is 2. The van der Waals surface area contributed by atoms with Crippen LogP contribution in [0.3, 0.4) is 0 Å². The van der Waals surface area contributed by atoms with Gasteiger partial charge >= 0.3 is 0 Å². The van der Waals surface area contributed by atoms with Crippen LogP contribution in [-0.2, 0) is 0 Å². The molecule has 1 amide bonds. The topological polar surface area (TPSA) is 44.9 Å². The number of amides is 1. The predicted octanol–water partition coefficient (Wildman–Crippen LogP) is 4.04. The molecule has 0 unspecified atom stereocenters. The molecule has 0 fully saturated rings. The number of para-hydroxylation sites is 1. The number of aromatic nitrogens is 1. The number of nitrogens with one attached hydrogen (secondary N) is 2. The lowest BCUT2D eigenvalue weighted by Crippen LogP contribution is -2.11. The van der Waals surface area contributed by atoms with Crippen LogP contribution in [0.5, 0.6) is 0 Å². The second-order valence-electron chi connectivity index (χ2n) is 4.96. The van der Waals surface area contributed by atoms with Crippen LogP contribution in [0.25, 0.3) is 10.9 Å². The molecule has 0 radical (unpaired) electrons. The first-order chi connectivity index (χ1) is 9.65. The first-order valence-electron chi connectivity index (χ1n) is 6.60. The zero-order valence-electron chi connectivity index (χ0n) is 11.5. The summed E-state index contributed by atoms with van der Waals surface area (Å²) in [4.78, 5) is 15.6. The van der Waals surface area contributed by atoms with Crippen LogP contribution in [-0.4, -0.2) is 10.9 Å². The normalized spacial score (nSPS) is 10.7. The summed E-state index contributed by atoms with van der Waals surface area (Å²) in [5.41, 5.74) is 4.87. The fraction of sp³-hybridized carbons (Fsp3) is 0.118. The molecule has 0 saturated carbocycles. The summed E-state index contributed by atoms with van der Waals surface area (Å²) in [5.74, 6) is -0.0867. The Kier molecular flexibility index (Phi) is 3.03. The van der Waals surface area contributed by atoms with Gasteiger partial charge < -0.3 is 10.3 Å². The van der Waals surface area contributed by atoms with Gasteiger partial charge in [-0.25, -0.2) is 0 Å². The molecule has 2 aromatic carbocycles. The minimum atomic E-state index is -0.0867. The van der Waals surface area contributed by atoms with Gasteiger partial charge in [0.15, 0.2) is 0 Å². The van der Waals surface area contributed by atoms with Crippen LogP contribution in [0.1, 0.15) is 21.6 Å². The molecular formula is C17H16N2O. The lowest BCUT2D eigenvalue weighted by atomic mass is 10.1. The molecule has 0 bridgehead atoms. The van der Waals surface area contributed by atoms with E-state index in [0.29, 0.717) is 5.56 Å². The number of aromatic amines is 1. The molecule has 0 aliphatic carbocycles. The summed E-state index contributed by atoms with van der Waals surface area (Å²) in [5, 5.41) is 4.00. The Morgan fingerprint density at radius 2 is 1.80 bits per heavy atom. The quantitative estimate of drug-likeness (QED) is 0.721. The minimum absolute atomic E-state index is 0.0867. The van der Waals surface area contributed by atoms with E-state index in [0.717, 1.165) is 22.3 Å². The predicted molar refractivity (Wildman–Crippen MR) is 82.2 cm³/mol. The van der Waals surface area contributed by atoms with Gasteiger partial charge in [0.05, 0.1) is 0 Å². The molecule has 0 atom stereocenters. The lowest BCUT2D eigenvalue weighted by Gasteiger charge is -2.05. The van der Waals surface area contributed by atoms with Gasteiger partial charge in [0.2, 0.25) is 0 Å². The third-order valence-electron chi connectivity index (χ3n) is 3.60. The van der Waals surface area contributed by atoms with Gasteiger partial charge in [-0.1, -0.05) is 18.2 Å². The maximum absolute atomic E-state index is 12.3. The molecule has 0 aliphatic rings. The van der Waals surface area contributed by atoms with Gasteiger partial charge in [0.1, 0.15) is 0 Å². The summed E-state index contributed by atoms with van der Waals surface area (Å²) in [6.45, 7) is 4.10. The van der Waals surface area contributed by atoms with Crippen molar-refractivity contribution in [1.82, 2.24) is 4.98 Å². The second kappa shape index (κ2) is 4.85. The largest absolute Gasteiger partial charge is 0.358 e. The summed E-state index contributed by atoms with van der Waals surface area (Å²) in [7, 11) is 0. The molecule has 3 nitrogen and oxygen atoms in total. The van der Waals surface area contributed by atoms with Crippen molar-refractivity contribution in [3.63, 3.8) is 0 Å². The van der Waals surface area contributed by atoms with Crippen molar-refractivity contribution >= 4 is 22.5 Å². The van der Waals surface area contributed by atoms with Crippen molar-refractivity contribution in [2.75, 3.05) is 5.32 Å². The van der Waals surface area contributed by atoms with Gasteiger partial charge in [0, 0.05) is 27.8 Å². The molecule has 20 heavy (non-hydrogen) atoms. The van der Waals surface area contributed by atoms with Gasteiger partial charge in [-0.15, -0.1) is 0 Å². The van der Waals surface area contributed by atoms with E-state index < -0.39 is 0 Å². The standard InChI is InChI=1S/C17H16N2O/c1-11-12(2)18-16-9-8-13(10-15(11)16)17(20)19-14-6-4-3-5-7-14/h3-10,18H,1-2H3,(H,19,20). The Balaban J connectivity index is 1.94. The van der Waals surface area contributed by atoms with Crippen molar-refractivity contribution in [3.8, 4) is 0 Å². The zero-order chi connectivity index (χ0) is 14.1. The third-order valence-corrected chi connectivity index (χ3v) is 3.60. The van der Waals surface area contributed by atoms with Gasteiger partial charge in [-0.05, 0) is 49.7 Å². The van der Waals surface area contributed by atoms with Crippen LogP contribution in [0.4, 0.5) is 5.69 Å². The summed E-state index contributed by atoms with van der Waals surface area (Å²) in [6, 6.07) is 15.2. The maximum atomic E-state index is 12.3. The Labute approximate surface area is 117 Å². The third kappa shape index (κ3) is 2.18. The van der Waals surface area contributed by atoms with Gasteiger partial charge in [-0.2, -0.15) is 0 Å². The van der Waals surface area contributed by atoms with Gasteiger partial charge in [0.25, 0.3) is 5.91 Å². The first kappa shape index (κ1) is 12.5. The van der Waals surface area contributed by atoms with Gasteiger partial charge in [-0.3, -0.25) is 4.79 Å². The zero-order valence-corrected chi connectivity index (χ0v) is 11.5. The fourth-order valence-electron chi connectivity index (χ4n) is 2.33. The average molecular weight is 264 g/mol. The van der Waals surface area contributed by atoms with Crippen LogP contribution in [0, 0.1) is 13.8 Å². The Hall–Kier alpha value is -2.55. The number of hydrogen-bond donors (Lipinski definition) is 2. The molecular weight excluding hydrogens is 248 g/mol. The summed E-state index contributed by atoms with van der Waals surface area (Å²) in [6.07, 6.45) is 0. The van der Waals surface area contributed by atoms with E-state index in [9.17, 15) is 4.79 Å². The first-order valence-corrected chi connectivity index (χ1v) is 6.60. The van der Waals surface area contributed by atoms with Crippen molar-refractivity contribution in [2.24, 2.45) is 0 Å². The van der Waals surface area contributed by atoms with E-state index in [1.165, 1.54) is 5.56 Å². The molecule has 0 aliphatic heterocycles. The molecule has 3 heteroatoms. The fourth-order valence-corrected chi connectivity index (χ4v) is 2.33. The van der Waals surface area contributed by atoms with Crippen LogP contribution < -0.4 is 5.32 Å². The minimum Gasteiger partial charge on any atom is -0.358 e.